The summed E-state index contributed by atoms with van der Waals surface area (Å²) in [6.45, 7) is 2.98. The Morgan fingerprint density at radius 3 is 3.00 bits per heavy atom. The summed E-state index contributed by atoms with van der Waals surface area (Å²) in [5.41, 5.74) is 1.18. The number of carbonyl (C=O) groups excluding carboxylic acids is 1. The lowest BCUT2D eigenvalue weighted by Gasteiger charge is -2.11. The fraction of sp³-hybridized carbons (Fsp3) is 0.588. The van der Waals surface area contributed by atoms with Crippen molar-refractivity contribution in [1.82, 2.24) is 10.6 Å². The standard InChI is InChI=1S/C17H26N2O3/c1-21-16-7-3-2-5-14(16)8-10-18-11-9-17(20)19-13-15-6-4-12-22-15/h2-3,5,7,15,18H,4,6,8-13H2,1H3,(H,19,20). The number of ether oxygens (including phenoxy) is 2. The summed E-state index contributed by atoms with van der Waals surface area (Å²) in [7, 11) is 1.69. The van der Waals surface area contributed by atoms with Crippen LogP contribution in [0.2, 0.25) is 0 Å². The van der Waals surface area contributed by atoms with Crippen LogP contribution in [0.5, 0.6) is 5.75 Å². The van der Waals surface area contributed by atoms with Crippen molar-refractivity contribution in [3.8, 4) is 5.75 Å². The maximum absolute atomic E-state index is 11.7. The lowest BCUT2D eigenvalue weighted by Crippen LogP contribution is -2.33. The van der Waals surface area contributed by atoms with Crippen LogP contribution in [-0.2, 0) is 16.0 Å². The molecule has 5 nitrogen and oxygen atoms in total. The number of rotatable bonds is 9. The molecule has 1 heterocycles. The largest absolute Gasteiger partial charge is 0.496 e. The molecule has 1 amide bonds. The van der Waals surface area contributed by atoms with E-state index in [4.69, 9.17) is 9.47 Å². The molecule has 1 aromatic carbocycles. The van der Waals surface area contributed by atoms with Crippen LogP contribution in [0, 0.1) is 0 Å². The number of hydrogen-bond acceptors (Lipinski definition) is 4. The first-order valence-electron chi connectivity index (χ1n) is 8.00. The molecule has 0 bridgehead atoms. The average Bonchev–Trinajstić information content (AvgIpc) is 3.06. The van der Waals surface area contributed by atoms with Crippen molar-refractivity contribution in [2.45, 2.75) is 31.8 Å². The van der Waals surface area contributed by atoms with Crippen molar-refractivity contribution >= 4 is 5.91 Å². The van der Waals surface area contributed by atoms with Gasteiger partial charge in [0.05, 0.1) is 13.2 Å². The third kappa shape index (κ3) is 5.66. The van der Waals surface area contributed by atoms with Gasteiger partial charge in [-0.3, -0.25) is 4.79 Å². The molecule has 1 aromatic rings. The van der Waals surface area contributed by atoms with Gasteiger partial charge < -0.3 is 20.1 Å². The van der Waals surface area contributed by atoms with Crippen LogP contribution in [0.25, 0.3) is 0 Å². The van der Waals surface area contributed by atoms with Gasteiger partial charge in [0.2, 0.25) is 5.91 Å². The minimum atomic E-state index is 0.0836. The lowest BCUT2D eigenvalue weighted by molar-refractivity contribution is -0.121. The van der Waals surface area contributed by atoms with E-state index in [1.165, 1.54) is 5.56 Å². The van der Waals surface area contributed by atoms with Crippen LogP contribution in [-0.4, -0.2) is 45.4 Å². The highest BCUT2D eigenvalue weighted by Crippen LogP contribution is 2.17. The molecule has 1 unspecified atom stereocenters. The number of carbonyl (C=O) groups is 1. The van der Waals surface area contributed by atoms with Crippen LogP contribution < -0.4 is 15.4 Å². The Kier molecular flexibility index (Phi) is 7.19. The Morgan fingerprint density at radius 1 is 1.36 bits per heavy atom. The van der Waals surface area contributed by atoms with E-state index >= 15 is 0 Å². The minimum absolute atomic E-state index is 0.0836. The van der Waals surface area contributed by atoms with E-state index in [0.29, 0.717) is 19.5 Å². The van der Waals surface area contributed by atoms with Gasteiger partial charge >= 0.3 is 0 Å². The second kappa shape index (κ2) is 9.43. The van der Waals surface area contributed by atoms with Gasteiger partial charge in [-0.05, 0) is 37.4 Å². The molecule has 122 valence electrons. The average molecular weight is 306 g/mol. The van der Waals surface area contributed by atoms with Crippen molar-refractivity contribution < 1.29 is 14.3 Å². The zero-order valence-corrected chi connectivity index (χ0v) is 13.3. The number of amides is 1. The van der Waals surface area contributed by atoms with Gasteiger partial charge in [0, 0.05) is 26.1 Å². The minimum Gasteiger partial charge on any atom is -0.496 e. The number of hydrogen-bond donors (Lipinski definition) is 2. The van der Waals surface area contributed by atoms with Gasteiger partial charge in [-0.25, -0.2) is 0 Å². The Hall–Kier alpha value is -1.59. The first kappa shape index (κ1) is 16.8. The first-order chi connectivity index (χ1) is 10.8. The Morgan fingerprint density at radius 2 is 2.23 bits per heavy atom. The van der Waals surface area contributed by atoms with Crippen LogP contribution in [0.15, 0.2) is 24.3 Å². The summed E-state index contributed by atoms with van der Waals surface area (Å²) in [4.78, 5) is 11.7. The predicted molar refractivity (Wildman–Crippen MR) is 86.2 cm³/mol. The lowest BCUT2D eigenvalue weighted by atomic mass is 10.1. The molecule has 1 aliphatic heterocycles. The SMILES string of the molecule is COc1ccccc1CCNCCC(=O)NCC1CCCO1. The van der Waals surface area contributed by atoms with Gasteiger partial charge in [-0.1, -0.05) is 18.2 Å². The molecule has 0 aromatic heterocycles. The van der Waals surface area contributed by atoms with Crippen molar-refractivity contribution in [3.63, 3.8) is 0 Å². The molecule has 2 rings (SSSR count). The molecular weight excluding hydrogens is 280 g/mol. The summed E-state index contributed by atoms with van der Waals surface area (Å²) < 4.78 is 10.8. The molecule has 1 aliphatic rings. The van der Waals surface area contributed by atoms with E-state index in [0.717, 1.165) is 38.2 Å². The van der Waals surface area contributed by atoms with Crippen molar-refractivity contribution in [3.05, 3.63) is 29.8 Å². The second-order valence-corrected chi connectivity index (χ2v) is 5.50. The molecule has 2 N–H and O–H groups in total. The Bertz CT molecular complexity index is 459. The smallest absolute Gasteiger partial charge is 0.221 e. The molecule has 22 heavy (non-hydrogen) atoms. The van der Waals surface area contributed by atoms with Crippen molar-refractivity contribution in [2.75, 3.05) is 33.4 Å². The first-order valence-corrected chi connectivity index (χ1v) is 8.00. The van der Waals surface area contributed by atoms with E-state index in [-0.39, 0.29) is 12.0 Å². The fourth-order valence-electron chi connectivity index (χ4n) is 2.58. The predicted octanol–water partition coefficient (Wildman–Crippen LogP) is 1.51. The highest BCUT2D eigenvalue weighted by molar-refractivity contribution is 5.76. The molecule has 0 saturated carbocycles. The van der Waals surface area contributed by atoms with E-state index in [9.17, 15) is 4.79 Å². The maximum Gasteiger partial charge on any atom is 0.221 e. The maximum atomic E-state index is 11.7. The summed E-state index contributed by atoms with van der Waals surface area (Å²) in [5.74, 6) is 0.999. The number of benzene rings is 1. The number of para-hydroxylation sites is 1. The molecule has 0 aliphatic carbocycles. The Labute approximate surface area is 132 Å². The summed E-state index contributed by atoms with van der Waals surface area (Å²) in [5, 5.41) is 6.22. The zero-order chi connectivity index (χ0) is 15.6. The highest BCUT2D eigenvalue weighted by Gasteiger charge is 2.15. The monoisotopic (exact) mass is 306 g/mol. The van der Waals surface area contributed by atoms with Crippen LogP contribution >= 0.6 is 0 Å². The van der Waals surface area contributed by atoms with Gasteiger partial charge in [-0.15, -0.1) is 0 Å². The van der Waals surface area contributed by atoms with Gasteiger partial charge in [0.25, 0.3) is 0 Å². The molecular formula is C17H26N2O3. The molecule has 5 heteroatoms. The van der Waals surface area contributed by atoms with E-state index in [1.54, 1.807) is 7.11 Å². The molecule has 1 saturated heterocycles. The van der Waals surface area contributed by atoms with E-state index in [1.807, 2.05) is 18.2 Å². The van der Waals surface area contributed by atoms with Crippen LogP contribution in [0.4, 0.5) is 0 Å². The van der Waals surface area contributed by atoms with Crippen molar-refractivity contribution in [1.29, 1.82) is 0 Å². The highest BCUT2D eigenvalue weighted by atomic mass is 16.5. The molecule has 0 spiro atoms. The van der Waals surface area contributed by atoms with E-state index in [2.05, 4.69) is 16.7 Å². The molecule has 1 atom stereocenters. The van der Waals surface area contributed by atoms with Crippen LogP contribution in [0.3, 0.4) is 0 Å². The summed E-state index contributed by atoms with van der Waals surface area (Å²) in [6.07, 6.45) is 3.75. The number of nitrogens with one attached hydrogen (secondary N) is 2. The summed E-state index contributed by atoms with van der Waals surface area (Å²) in [6, 6.07) is 8.01. The summed E-state index contributed by atoms with van der Waals surface area (Å²) >= 11 is 0. The Balaban J connectivity index is 1.54. The quantitative estimate of drug-likeness (QED) is 0.679. The third-order valence-corrected chi connectivity index (χ3v) is 3.84. The third-order valence-electron chi connectivity index (χ3n) is 3.84. The van der Waals surface area contributed by atoms with Gasteiger partial charge in [-0.2, -0.15) is 0 Å². The topological polar surface area (TPSA) is 59.6 Å². The second-order valence-electron chi connectivity index (χ2n) is 5.50. The molecule has 0 radical (unpaired) electrons. The molecule has 1 fully saturated rings. The van der Waals surface area contributed by atoms with Gasteiger partial charge in [0.1, 0.15) is 5.75 Å². The normalized spacial score (nSPS) is 17.4. The van der Waals surface area contributed by atoms with Crippen LogP contribution in [0.1, 0.15) is 24.8 Å². The van der Waals surface area contributed by atoms with Crippen molar-refractivity contribution in [2.24, 2.45) is 0 Å². The van der Waals surface area contributed by atoms with E-state index < -0.39 is 0 Å². The fourth-order valence-corrected chi connectivity index (χ4v) is 2.58. The zero-order valence-electron chi connectivity index (χ0n) is 13.3. The number of methoxy groups -OCH3 is 1. The van der Waals surface area contributed by atoms with Gasteiger partial charge in [0.15, 0.2) is 0 Å².